The zero-order valence-electron chi connectivity index (χ0n) is 15.8. The molecule has 1 fully saturated rings. The van der Waals surface area contributed by atoms with Gasteiger partial charge in [-0.05, 0) is 56.0 Å². The molecule has 0 saturated carbocycles. The molecule has 0 bridgehead atoms. The molecule has 1 heterocycles. The van der Waals surface area contributed by atoms with Gasteiger partial charge in [-0.1, -0.05) is 29.8 Å². The van der Waals surface area contributed by atoms with Crippen LogP contribution >= 0.6 is 0 Å². The van der Waals surface area contributed by atoms with Crippen LogP contribution in [0, 0.1) is 12.7 Å². The molecule has 1 aliphatic heterocycles. The van der Waals surface area contributed by atoms with Crippen LogP contribution < -0.4 is 4.90 Å². The van der Waals surface area contributed by atoms with Gasteiger partial charge in [-0.3, -0.25) is 9.69 Å². The molecule has 0 amide bonds. The third kappa shape index (κ3) is 5.54. The van der Waals surface area contributed by atoms with Gasteiger partial charge in [0.05, 0.1) is 6.54 Å². The zero-order chi connectivity index (χ0) is 19.2. The summed E-state index contributed by atoms with van der Waals surface area (Å²) in [6.07, 6.45) is 2.53. The fourth-order valence-electron chi connectivity index (χ4n) is 3.77. The average Bonchev–Trinajstić information content (AvgIpc) is 2.66. The smallest absolute Gasteiger partial charge is 0.317 e. The monoisotopic (exact) mass is 370 g/mol. The fourth-order valence-corrected chi connectivity index (χ4v) is 3.77. The fraction of sp³-hybridized carbons (Fsp3) is 0.409. The van der Waals surface area contributed by atoms with Crippen LogP contribution in [0.5, 0.6) is 0 Å². The number of aryl methyl sites for hydroxylation is 1. The quantitative estimate of drug-likeness (QED) is 0.807. The molecule has 144 valence electrons. The lowest BCUT2D eigenvalue weighted by molar-refractivity contribution is -0.139. The Balaban J connectivity index is 1.58. The SMILES string of the molecule is Cc1ccc(N2CCC(N(CCc3cccc(F)c3)CC(=O)O)CC2)cc1. The van der Waals surface area contributed by atoms with E-state index in [0.717, 1.165) is 31.5 Å². The number of piperidine rings is 1. The van der Waals surface area contributed by atoms with Gasteiger partial charge in [-0.2, -0.15) is 0 Å². The van der Waals surface area contributed by atoms with Gasteiger partial charge in [0.15, 0.2) is 0 Å². The molecular formula is C22H27FN2O2. The van der Waals surface area contributed by atoms with Gasteiger partial charge in [0.25, 0.3) is 0 Å². The largest absolute Gasteiger partial charge is 0.480 e. The second-order valence-corrected chi connectivity index (χ2v) is 7.30. The van der Waals surface area contributed by atoms with Crippen LogP contribution in [0.4, 0.5) is 10.1 Å². The molecule has 0 atom stereocenters. The molecule has 2 aromatic carbocycles. The molecule has 1 aliphatic rings. The summed E-state index contributed by atoms with van der Waals surface area (Å²) in [7, 11) is 0. The molecule has 4 nitrogen and oxygen atoms in total. The van der Waals surface area contributed by atoms with Crippen LogP contribution in [0.15, 0.2) is 48.5 Å². The third-order valence-corrected chi connectivity index (χ3v) is 5.30. The lowest BCUT2D eigenvalue weighted by atomic mass is 10.0. The number of halogens is 1. The number of carboxylic acid groups (broad SMARTS) is 1. The molecule has 0 spiro atoms. The molecule has 0 radical (unpaired) electrons. The summed E-state index contributed by atoms with van der Waals surface area (Å²) in [5.74, 6) is -1.06. The Hall–Kier alpha value is -2.40. The predicted octanol–water partition coefficient (Wildman–Crippen LogP) is 3.73. The van der Waals surface area contributed by atoms with Gasteiger partial charge in [0, 0.05) is 31.4 Å². The van der Waals surface area contributed by atoms with E-state index in [1.54, 1.807) is 6.07 Å². The average molecular weight is 370 g/mol. The molecule has 27 heavy (non-hydrogen) atoms. The highest BCUT2D eigenvalue weighted by Gasteiger charge is 2.26. The minimum atomic E-state index is -0.810. The van der Waals surface area contributed by atoms with Crippen LogP contribution in [0.25, 0.3) is 0 Å². The van der Waals surface area contributed by atoms with Crippen molar-refractivity contribution in [2.75, 3.05) is 31.1 Å². The normalized spacial score (nSPS) is 15.3. The molecule has 0 unspecified atom stereocenters. The van der Waals surface area contributed by atoms with Gasteiger partial charge in [0.2, 0.25) is 0 Å². The number of hydrogen-bond acceptors (Lipinski definition) is 3. The van der Waals surface area contributed by atoms with E-state index in [0.29, 0.717) is 13.0 Å². The number of benzene rings is 2. The first-order valence-corrected chi connectivity index (χ1v) is 9.53. The van der Waals surface area contributed by atoms with Gasteiger partial charge >= 0.3 is 5.97 Å². The Kier molecular flexibility index (Phi) is 6.45. The van der Waals surface area contributed by atoms with Crippen LogP contribution in [-0.4, -0.2) is 48.2 Å². The van der Waals surface area contributed by atoms with E-state index >= 15 is 0 Å². The van der Waals surface area contributed by atoms with Crippen LogP contribution in [0.2, 0.25) is 0 Å². The third-order valence-electron chi connectivity index (χ3n) is 5.30. The van der Waals surface area contributed by atoms with E-state index in [9.17, 15) is 14.3 Å². The van der Waals surface area contributed by atoms with Crippen molar-refractivity contribution in [3.8, 4) is 0 Å². The molecule has 0 aromatic heterocycles. The first-order chi connectivity index (χ1) is 13.0. The van der Waals surface area contributed by atoms with Crippen LogP contribution in [0.3, 0.4) is 0 Å². The highest BCUT2D eigenvalue weighted by atomic mass is 19.1. The number of hydrogen-bond donors (Lipinski definition) is 1. The Labute approximate surface area is 160 Å². The minimum absolute atomic E-state index is 0.0323. The lowest BCUT2D eigenvalue weighted by Gasteiger charge is -2.39. The minimum Gasteiger partial charge on any atom is -0.480 e. The van der Waals surface area contributed by atoms with E-state index in [2.05, 4.69) is 36.1 Å². The molecule has 5 heteroatoms. The van der Waals surface area contributed by atoms with Crippen molar-refractivity contribution >= 4 is 11.7 Å². The molecule has 2 aromatic rings. The first-order valence-electron chi connectivity index (χ1n) is 9.53. The summed E-state index contributed by atoms with van der Waals surface area (Å²) in [5.41, 5.74) is 3.38. The maximum Gasteiger partial charge on any atom is 0.317 e. The van der Waals surface area contributed by atoms with Crippen molar-refractivity contribution in [2.24, 2.45) is 0 Å². The Bertz CT molecular complexity index is 755. The highest BCUT2D eigenvalue weighted by molar-refractivity contribution is 5.69. The number of rotatable bonds is 7. The van der Waals surface area contributed by atoms with E-state index < -0.39 is 5.97 Å². The zero-order valence-corrected chi connectivity index (χ0v) is 15.8. The van der Waals surface area contributed by atoms with Gasteiger partial charge in [-0.15, -0.1) is 0 Å². The topological polar surface area (TPSA) is 43.8 Å². The maximum absolute atomic E-state index is 13.4. The summed E-state index contributed by atoms with van der Waals surface area (Å²) in [6.45, 7) is 4.58. The van der Waals surface area contributed by atoms with Gasteiger partial charge in [0.1, 0.15) is 5.82 Å². The number of carbonyl (C=O) groups is 1. The summed E-state index contributed by atoms with van der Waals surface area (Å²) in [4.78, 5) is 15.7. The molecule has 3 rings (SSSR count). The molecule has 1 N–H and O–H groups in total. The standard InChI is InChI=1S/C22H27FN2O2/c1-17-5-7-20(8-6-17)24-13-10-21(11-14-24)25(16-22(26)27)12-9-18-3-2-4-19(23)15-18/h2-8,15,21H,9-14,16H2,1H3,(H,26,27). The second kappa shape index (κ2) is 9.00. The number of anilines is 1. The van der Waals surface area contributed by atoms with E-state index in [-0.39, 0.29) is 18.4 Å². The number of nitrogens with zero attached hydrogens (tertiary/aromatic N) is 2. The van der Waals surface area contributed by atoms with Gasteiger partial charge in [-0.25, -0.2) is 4.39 Å². The van der Waals surface area contributed by atoms with Crippen molar-refractivity contribution in [3.05, 3.63) is 65.5 Å². The Morgan fingerprint density at radius 3 is 2.52 bits per heavy atom. The highest BCUT2D eigenvalue weighted by Crippen LogP contribution is 2.23. The van der Waals surface area contributed by atoms with E-state index in [1.807, 2.05) is 11.0 Å². The number of aliphatic carboxylic acids is 1. The van der Waals surface area contributed by atoms with Crippen LogP contribution in [0.1, 0.15) is 24.0 Å². The van der Waals surface area contributed by atoms with E-state index in [4.69, 9.17) is 0 Å². The molecule has 0 aliphatic carbocycles. The van der Waals surface area contributed by atoms with Crippen molar-refractivity contribution in [1.82, 2.24) is 4.90 Å². The first kappa shape index (κ1) is 19.4. The van der Waals surface area contributed by atoms with Crippen molar-refractivity contribution in [1.29, 1.82) is 0 Å². The van der Waals surface area contributed by atoms with Gasteiger partial charge < -0.3 is 10.0 Å². The Morgan fingerprint density at radius 2 is 1.89 bits per heavy atom. The lowest BCUT2D eigenvalue weighted by Crippen LogP contribution is -2.47. The predicted molar refractivity (Wildman–Crippen MR) is 106 cm³/mol. The summed E-state index contributed by atoms with van der Waals surface area (Å²) in [5, 5.41) is 9.30. The van der Waals surface area contributed by atoms with Crippen molar-refractivity contribution < 1.29 is 14.3 Å². The summed E-state index contributed by atoms with van der Waals surface area (Å²) < 4.78 is 13.4. The molecule has 1 saturated heterocycles. The summed E-state index contributed by atoms with van der Waals surface area (Å²) >= 11 is 0. The second-order valence-electron chi connectivity index (χ2n) is 7.30. The number of carboxylic acids is 1. The maximum atomic E-state index is 13.4. The molecular weight excluding hydrogens is 343 g/mol. The summed E-state index contributed by atoms with van der Waals surface area (Å²) in [6, 6.07) is 15.3. The Morgan fingerprint density at radius 1 is 1.19 bits per heavy atom. The van der Waals surface area contributed by atoms with Crippen molar-refractivity contribution in [3.63, 3.8) is 0 Å². The van der Waals surface area contributed by atoms with Crippen molar-refractivity contribution in [2.45, 2.75) is 32.2 Å². The van der Waals surface area contributed by atoms with Crippen LogP contribution in [-0.2, 0) is 11.2 Å². The van der Waals surface area contributed by atoms with E-state index in [1.165, 1.54) is 23.4 Å².